The molecule has 0 spiro atoms. The van der Waals surface area contributed by atoms with Gasteiger partial charge in [-0.3, -0.25) is 9.69 Å². The molecule has 4 rings (SSSR count). The first-order valence-electron chi connectivity index (χ1n) is 13.7. The second kappa shape index (κ2) is 13.3. The highest BCUT2D eigenvalue weighted by molar-refractivity contribution is 5.95. The number of nitrogens with zero attached hydrogens (tertiary/aromatic N) is 4. The van der Waals surface area contributed by atoms with Crippen molar-refractivity contribution in [3.63, 3.8) is 0 Å². The summed E-state index contributed by atoms with van der Waals surface area (Å²) < 4.78 is 73.7. The van der Waals surface area contributed by atoms with E-state index in [0.29, 0.717) is 38.1 Å². The van der Waals surface area contributed by atoms with Gasteiger partial charge in [-0.2, -0.15) is 18.2 Å². The molecule has 44 heavy (non-hydrogen) atoms. The number of halogens is 4. The summed E-state index contributed by atoms with van der Waals surface area (Å²) in [5.74, 6) is -2.39. The average Bonchev–Trinajstić information content (AvgIpc) is 3.12. The van der Waals surface area contributed by atoms with Gasteiger partial charge in [-0.1, -0.05) is 26.0 Å². The summed E-state index contributed by atoms with van der Waals surface area (Å²) in [7, 11) is 7.00. The van der Waals surface area contributed by atoms with Crippen LogP contribution in [0.3, 0.4) is 0 Å². The second-order valence-electron chi connectivity index (χ2n) is 11.6. The lowest BCUT2D eigenvalue weighted by Gasteiger charge is -2.28. The zero-order valence-corrected chi connectivity index (χ0v) is 25.4. The van der Waals surface area contributed by atoms with E-state index in [9.17, 15) is 18.0 Å². The van der Waals surface area contributed by atoms with Crippen LogP contribution >= 0.6 is 0 Å². The number of hydrogen-bond donors (Lipinski definition) is 2. The van der Waals surface area contributed by atoms with E-state index in [2.05, 4.69) is 20.6 Å². The third kappa shape index (κ3) is 8.12. The highest BCUT2D eigenvalue weighted by atomic mass is 19.4. The zero-order chi connectivity index (χ0) is 32.2. The van der Waals surface area contributed by atoms with E-state index in [1.807, 2.05) is 50.9 Å². The van der Waals surface area contributed by atoms with E-state index in [-0.39, 0.29) is 40.7 Å². The Kier molecular flexibility index (Phi) is 9.96. The molecule has 1 amide bonds. The number of fused-ring (bicyclic) bond motifs is 1. The molecule has 0 fully saturated rings. The number of anilines is 2. The number of methoxy groups -OCH3 is 1. The molecule has 0 aliphatic carbocycles. The smallest absolute Gasteiger partial charge is 0.423 e. The molecule has 238 valence electrons. The predicted octanol–water partition coefficient (Wildman–Crippen LogP) is 5.42. The fourth-order valence-corrected chi connectivity index (χ4v) is 4.90. The highest BCUT2D eigenvalue weighted by Crippen LogP contribution is 2.39. The van der Waals surface area contributed by atoms with E-state index in [1.165, 1.54) is 19.2 Å². The summed E-state index contributed by atoms with van der Waals surface area (Å²) in [6.45, 7) is 5.93. The Labute approximate surface area is 253 Å². The molecule has 2 heterocycles. The number of nitrogens with one attached hydrogen (secondary N) is 2. The Hall–Kier alpha value is -4.01. The minimum atomic E-state index is -4.82. The first-order chi connectivity index (χ1) is 20.7. The number of rotatable bonds is 10. The monoisotopic (exact) mass is 620 g/mol. The van der Waals surface area contributed by atoms with Gasteiger partial charge in [-0.25, -0.2) is 9.37 Å². The Morgan fingerprint density at radius 1 is 1.18 bits per heavy atom. The minimum Gasteiger partial charge on any atom is -0.495 e. The Morgan fingerprint density at radius 3 is 2.61 bits per heavy atom. The van der Waals surface area contributed by atoms with Gasteiger partial charge in [0.05, 0.1) is 31.7 Å². The van der Waals surface area contributed by atoms with Crippen LogP contribution in [0.15, 0.2) is 36.5 Å². The lowest BCUT2D eigenvalue weighted by molar-refractivity contribution is -0.139. The molecule has 0 unspecified atom stereocenters. The molecule has 0 radical (unpaired) electrons. The lowest BCUT2D eigenvalue weighted by Crippen LogP contribution is -2.40. The van der Waals surface area contributed by atoms with E-state index >= 15 is 4.39 Å². The fraction of sp³-hybridized carbons (Fsp3) is 0.433. The first kappa shape index (κ1) is 32.9. The van der Waals surface area contributed by atoms with E-state index in [1.54, 1.807) is 6.07 Å². The van der Waals surface area contributed by atoms with Gasteiger partial charge in [0.2, 0.25) is 11.8 Å². The van der Waals surface area contributed by atoms with Crippen LogP contribution in [0.2, 0.25) is 0 Å². The number of hydrogen-bond acceptors (Lipinski definition) is 9. The summed E-state index contributed by atoms with van der Waals surface area (Å²) in [5.41, 5.74) is -0.305. The fourth-order valence-electron chi connectivity index (χ4n) is 4.90. The van der Waals surface area contributed by atoms with Crippen molar-refractivity contribution in [1.82, 2.24) is 25.1 Å². The maximum atomic E-state index is 15.2. The van der Waals surface area contributed by atoms with E-state index in [4.69, 9.17) is 14.2 Å². The molecule has 2 aromatic carbocycles. The van der Waals surface area contributed by atoms with Gasteiger partial charge in [0.1, 0.15) is 22.9 Å². The number of aromatic nitrogens is 2. The van der Waals surface area contributed by atoms with Crippen molar-refractivity contribution in [2.45, 2.75) is 33.2 Å². The van der Waals surface area contributed by atoms with Crippen molar-refractivity contribution >= 4 is 17.5 Å². The number of carbonyl (C=O) groups is 1. The molecule has 1 aromatic heterocycles. The molecule has 0 atom stereocenters. The molecule has 0 saturated carbocycles. The summed E-state index contributed by atoms with van der Waals surface area (Å²) >= 11 is 0. The standard InChI is InChI=1S/C30H36F4N6O4/c1-29(2,16-39(3)4)15-36-26(41)19-10-25(42-6)23(11-22(19)31)37-28-35-12-21(30(32,33)34)27(38-28)44-24-9-7-8-18-13-40(5)17-43-14-20(18)24/h7-12H,13-17H2,1-6H3,(H,36,41)(H,35,37,38). The molecule has 14 heteroatoms. The Morgan fingerprint density at radius 2 is 1.93 bits per heavy atom. The maximum absolute atomic E-state index is 15.2. The van der Waals surface area contributed by atoms with Crippen molar-refractivity contribution in [2.24, 2.45) is 5.41 Å². The van der Waals surface area contributed by atoms with Gasteiger partial charge >= 0.3 is 6.18 Å². The third-order valence-corrected chi connectivity index (χ3v) is 6.75. The third-order valence-electron chi connectivity index (χ3n) is 6.75. The van der Waals surface area contributed by atoms with Crippen LogP contribution in [-0.2, 0) is 24.1 Å². The molecule has 1 aliphatic heterocycles. The molecule has 0 saturated heterocycles. The molecule has 2 N–H and O–H groups in total. The van der Waals surface area contributed by atoms with Gasteiger partial charge in [-0.05, 0) is 44.3 Å². The lowest BCUT2D eigenvalue weighted by atomic mass is 9.93. The molecule has 0 bridgehead atoms. The Bertz CT molecular complexity index is 1500. The molecule has 3 aromatic rings. The summed E-state index contributed by atoms with van der Waals surface area (Å²) in [6.07, 6.45) is -4.24. The van der Waals surface area contributed by atoms with Crippen LogP contribution in [-0.4, -0.2) is 73.7 Å². The van der Waals surface area contributed by atoms with Crippen LogP contribution in [0.25, 0.3) is 0 Å². The predicted molar refractivity (Wildman–Crippen MR) is 156 cm³/mol. The first-order valence-corrected chi connectivity index (χ1v) is 13.7. The number of benzene rings is 2. The van der Waals surface area contributed by atoms with E-state index in [0.717, 1.165) is 11.6 Å². The van der Waals surface area contributed by atoms with Crippen molar-refractivity contribution in [1.29, 1.82) is 0 Å². The van der Waals surface area contributed by atoms with Crippen LogP contribution < -0.4 is 20.1 Å². The molecule has 10 nitrogen and oxygen atoms in total. The van der Waals surface area contributed by atoms with Gasteiger partial charge in [0.15, 0.2) is 0 Å². The van der Waals surface area contributed by atoms with Crippen LogP contribution in [0.1, 0.15) is 40.9 Å². The largest absolute Gasteiger partial charge is 0.495 e. The molecule has 1 aliphatic rings. The quantitative estimate of drug-likeness (QED) is 0.288. The number of carbonyl (C=O) groups excluding carboxylic acids is 1. The normalized spacial score (nSPS) is 14.2. The topological polar surface area (TPSA) is 101 Å². The van der Waals surface area contributed by atoms with Crippen LogP contribution in [0.5, 0.6) is 17.4 Å². The summed E-state index contributed by atoms with van der Waals surface area (Å²) in [4.78, 5) is 24.5. The molecular weight excluding hydrogens is 584 g/mol. The minimum absolute atomic E-state index is 0.00906. The zero-order valence-electron chi connectivity index (χ0n) is 25.4. The average molecular weight is 621 g/mol. The van der Waals surface area contributed by atoms with Gasteiger partial charge in [-0.15, -0.1) is 0 Å². The SMILES string of the molecule is COc1cc(C(=O)NCC(C)(C)CN(C)C)c(F)cc1Nc1ncc(C(F)(F)F)c(Oc2cccc3c2COCN(C)C3)n1. The molecular formula is C30H36F4N6O4. The second-order valence-corrected chi connectivity index (χ2v) is 11.6. The highest BCUT2D eigenvalue weighted by Gasteiger charge is 2.37. The summed E-state index contributed by atoms with van der Waals surface area (Å²) in [6, 6.07) is 7.25. The van der Waals surface area contributed by atoms with Crippen molar-refractivity contribution < 1.29 is 36.6 Å². The van der Waals surface area contributed by atoms with Gasteiger partial charge < -0.3 is 29.7 Å². The Balaban J connectivity index is 1.62. The number of amides is 1. The van der Waals surface area contributed by atoms with Gasteiger partial charge in [0, 0.05) is 37.5 Å². The van der Waals surface area contributed by atoms with Crippen LogP contribution in [0, 0.1) is 11.2 Å². The summed E-state index contributed by atoms with van der Waals surface area (Å²) in [5, 5.41) is 5.43. The van der Waals surface area contributed by atoms with Crippen LogP contribution in [0.4, 0.5) is 29.2 Å². The van der Waals surface area contributed by atoms with E-state index < -0.39 is 29.3 Å². The number of ether oxygens (including phenoxy) is 3. The van der Waals surface area contributed by atoms with Crippen molar-refractivity contribution in [2.75, 3.05) is 53.4 Å². The maximum Gasteiger partial charge on any atom is 0.423 e. The number of alkyl halides is 3. The van der Waals surface area contributed by atoms with Gasteiger partial charge in [0.25, 0.3) is 5.91 Å². The van der Waals surface area contributed by atoms with Crippen molar-refractivity contribution in [3.05, 3.63) is 64.6 Å². The van der Waals surface area contributed by atoms with Crippen molar-refractivity contribution in [3.8, 4) is 17.4 Å².